The zero-order valence-electron chi connectivity index (χ0n) is 8.14. The zero-order chi connectivity index (χ0) is 11.0. The lowest BCUT2D eigenvalue weighted by Gasteiger charge is -2.05. The smallest absolute Gasteiger partial charge is 0.333 e. The molecule has 0 spiro atoms. The first kappa shape index (κ1) is 13.1. The van der Waals surface area contributed by atoms with Crippen LogP contribution in [0.2, 0.25) is 0 Å². The molecule has 1 unspecified atom stereocenters. The van der Waals surface area contributed by atoms with Crippen LogP contribution < -0.4 is 0 Å². The van der Waals surface area contributed by atoms with Gasteiger partial charge in [0.2, 0.25) is 0 Å². The number of aliphatic hydroxyl groups is 3. The van der Waals surface area contributed by atoms with E-state index in [4.69, 9.17) is 15.3 Å². The molecule has 0 saturated heterocycles. The molecule has 5 nitrogen and oxygen atoms in total. The lowest BCUT2D eigenvalue weighted by Crippen LogP contribution is -2.12. The van der Waals surface area contributed by atoms with Gasteiger partial charge in [0.1, 0.15) is 6.61 Å². The summed E-state index contributed by atoms with van der Waals surface area (Å²) in [7, 11) is 0. The summed E-state index contributed by atoms with van der Waals surface area (Å²) >= 11 is 0. The van der Waals surface area contributed by atoms with Crippen LogP contribution in [-0.2, 0) is 9.53 Å². The third-order valence-corrected chi connectivity index (χ3v) is 1.55. The molecule has 0 heterocycles. The molecule has 1 atom stereocenters. The van der Waals surface area contributed by atoms with Gasteiger partial charge in [0.15, 0.2) is 0 Å². The van der Waals surface area contributed by atoms with Crippen LogP contribution in [0.4, 0.5) is 0 Å². The second-order valence-electron chi connectivity index (χ2n) is 2.82. The van der Waals surface area contributed by atoms with Crippen LogP contribution >= 0.6 is 0 Å². The first-order valence-electron chi connectivity index (χ1n) is 4.35. The van der Waals surface area contributed by atoms with Crippen molar-refractivity contribution in [2.45, 2.75) is 19.4 Å². The Labute approximate surface area is 82.6 Å². The van der Waals surface area contributed by atoms with Gasteiger partial charge in [-0.25, -0.2) is 4.79 Å². The van der Waals surface area contributed by atoms with E-state index in [0.717, 1.165) is 0 Å². The van der Waals surface area contributed by atoms with Gasteiger partial charge in [0.25, 0.3) is 0 Å². The SMILES string of the molecule is CC(=CCC(O)CO)C(=O)OCCO. The van der Waals surface area contributed by atoms with E-state index in [0.29, 0.717) is 5.57 Å². The van der Waals surface area contributed by atoms with Crippen molar-refractivity contribution in [2.24, 2.45) is 0 Å². The summed E-state index contributed by atoms with van der Waals surface area (Å²) in [4.78, 5) is 11.1. The van der Waals surface area contributed by atoms with Gasteiger partial charge >= 0.3 is 5.97 Å². The topological polar surface area (TPSA) is 87.0 Å². The van der Waals surface area contributed by atoms with E-state index in [2.05, 4.69) is 4.74 Å². The summed E-state index contributed by atoms with van der Waals surface area (Å²) in [5, 5.41) is 25.9. The van der Waals surface area contributed by atoms with E-state index in [1.165, 1.54) is 6.08 Å². The van der Waals surface area contributed by atoms with Gasteiger partial charge < -0.3 is 20.1 Å². The van der Waals surface area contributed by atoms with Gasteiger partial charge in [-0.2, -0.15) is 0 Å². The molecule has 0 rings (SSSR count). The quantitative estimate of drug-likeness (QED) is 0.390. The Morgan fingerprint density at radius 3 is 2.64 bits per heavy atom. The molecule has 0 fully saturated rings. The normalized spacial score (nSPS) is 13.9. The maximum atomic E-state index is 11.1. The molecule has 0 aliphatic carbocycles. The largest absolute Gasteiger partial charge is 0.460 e. The zero-order valence-corrected chi connectivity index (χ0v) is 8.14. The van der Waals surface area contributed by atoms with E-state index < -0.39 is 12.1 Å². The van der Waals surface area contributed by atoms with E-state index in [9.17, 15) is 4.79 Å². The first-order chi connectivity index (χ1) is 6.61. The van der Waals surface area contributed by atoms with Crippen molar-refractivity contribution in [3.05, 3.63) is 11.6 Å². The van der Waals surface area contributed by atoms with Gasteiger partial charge in [-0.1, -0.05) is 6.08 Å². The Bertz CT molecular complexity index is 199. The standard InChI is InChI=1S/C9H16O5/c1-7(2-3-8(12)6-11)9(13)14-5-4-10/h2,8,10-12H,3-6H2,1H3. The van der Waals surface area contributed by atoms with Crippen molar-refractivity contribution >= 4 is 5.97 Å². The molecule has 0 aromatic rings. The second-order valence-corrected chi connectivity index (χ2v) is 2.82. The Kier molecular flexibility index (Phi) is 7.00. The number of hydrogen-bond acceptors (Lipinski definition) is 5. The Balaban J connectivity index is 3.91. The monoisotopic (exact) mass is 204 g/mol. The van der Waals surface area contributed by atoms with Crippen LogP contribution in [0.3, 0.4) is 0 Å². The average molecular weight is 204 g/mol. The lowest BCUT2D eigenvalue weighted by atomic mass is 10.2. The minimum atomic E-state index is -0.851. The number of esters is 1. The molecule has 3 N–H and O–H groups in total. The molecule has 0 aromatic heterocycles. The fourth-order valence-electron chi connectivity index (χ4n) is 0.723. The average Bonchev–Trinajstić information content (AvgIpc) is 2.21. The summed E-state index contributed by atoms with van der Waals surface area (Å²) in [6, 6.07) is 0. The number of carbonyl (C=O) groups is 1. The summed E-state index contributed by atoms with van der Waals surface area (Å²) < 4.78 is 4.62. The summed E-state index contributed by atoms with van der Waals surface area (Å²) in [6.07, 6.45) is 0.840. The molecule has 0 aliphatic rings. The molecule has 0 aromatic carbocycles. The van der Waals surface area contributed by atoms with Gasteiger partial charge in [0, 0.05) is 5.57 Å². The van der Waals surface area contributed by atoms with Crippen molar-refractivity contribution in [3.63, 3.8) is 0 Å². The fourth-order valence-corrected chi connectivity index (χ4v) is 0.723. The van der Waals surface area contributed by atoms with Gasteiger partial charge in [-0.05, 0) is 13.3 Å². The number of carbonyl (C=O) groups excluding carboxylic acids is 1. The van der Waals surface area contributed by atoms with Crippen LogP contribution in [0.1, 0.15) is 13.3 Å². The van der Waals surface area contributed by atoms with Crippen molar-refractivity contribution in [1.82, 2.24) is 0 Å². The highest BCUT2D eigenvalue weighted by Gasteiger charge is 2.06. The molecular weight excluding hydrogens is 188 g/mol. The number of ether oxygens (including phenoxy) is 1. The van der Waals surface area contributed by atoms with Crippen molar-refractivity contribution in [2.75, 3.05) is 19.8 Å². The molecule has 5 heteroatoms. The van der Waals surface area contributed by atoms with E-state index in [1.807, 2.05) is 0 Å². The van der Waals surface area contributed by atoms with E-state index >= 15 is 0 Å². The van der Waals surface area contributed by atoms with Crippen molar-refractivity contribution < 1.29 is 24.9 Å². The predicted octanol–water partition coefficient (Wildman–Crippen LogP) is -0.789. The molecule has 0 amide bonds. The highest BCUT2D eigenvalue weighted by Crippen LogP contribution is 2.01. The number of rotatable bonds is 6. The van der Waals surface area contributed by atoms with Gasteiger partial charge in [0.05, 0.1) is 19.3 Å². The van der Waals surface area contributed by atoms with Gasteiger partial charge in [-0.3, -0.25) is 0 Å². The molecule has 0 saturated carbocycles. The Morgan fingerprint density at radius 1 is 1.50 bits per heavy atom. The van der Waals surface area contributed by atoms with Crippen molar-refractivity contribution in [1.29, 1.82) is 0 Å². The Morgan fingerprint density at radius 2 is 2.14 bits per heavy atom. The van der Waals surface area contributed by atoms with Gasteiger partial charge in [-0.15, -0.1) is 0 Å². The number of aliphatic hydroxyl groups excluding tert-OH is 3. The molecule has 14 heavy (non-hydrogen) atoms. The maximum Gasteiger partial charge on any atom is 0.333 e. The molecule has 0 aliphatic heterocycles. The van der Waals surface area contributed by atoms with Crippen LogP contribution in [0.25, 0.3) is 0 Å². The molecule has 0 radical (unpaired) electrons. The maximum absolute atomic E-state index is 11.1. The number of hydrogen-bond donors (Lipinski definition) is 3. The van der Waals surface area contributed by atoms with Crippen LogP contribution in [0.15, 0.2) is 11.6 Å². The highest BCUT2D eigenvalue weighted by molar-refractivity contribution is 5.87. The third kappa shape index (κ3) is 5.69. The minimum absolute atomic E-state index is 0.0352. The van der Waals surface area contributed by atoms with Crippen molar-refractivity contribution in [3.8, 4) is 0 Å². The predicted molar refractivity (Wildman–Crippen MR) is 49.5 cm³/mol. The second kappa shape index (κ2) is 7.49. The molecular formula is C9H16O5. The lowest BCUT2D eigenvalue weighted by molar-refractivity contribution is -0.139. The highest BCUT2D eigenvalue weighted by atomic mass is 16.5. The van der Waals surface area contributed by atoms with Crippen LogP contribution in [0.5, 0.6) is 0 Å². The van der Waals surface area contributed by atoms with Crippen LogP contribution in [0, 0.1) is 0 Å². The summed E-state index contributed by atoms with van der Waals surface area (Å²) in [5.74, 6) is -0.524. The molecule has 82 valence electrons. The molecule has 0 bridgehead atoms. The van der Waals surface area contributed by atoms with E-state index in [-0.39, 0.29) is 26.2 Å². The van der Waals surface area contributed by atoms with Crippen LogP contribution in [-0.4, -0.2) is 47.2 Å². The fraction of sp³-hybridized carbons (Fsp3) is 0.667. The minimum Gasteiger partial charge on any atom is -0.460 e. The third-order valence-electron chi connectivity index (χ3n) is 1.55. The van der Waals surface area contributed by atoms with E-state index in [1.54, 1.807) is 6.92 Å². The first-order valence-corrected chi connectivity index (χ1v) is 4.35. The Hall–Kier alpha value is -0.910. The summed E-state index contributed by atoms with van der Waals surface area (Å²) in [5.41, 5.74) is 0.353. The summed E-state index contributed by atoms with van der Waals surface area (Å²) in [6.45, 7) is 0.962.